The predicted molar refractivity (Wildman–Crippen MR) is 133 cm³/mol. The smallest absolute Gasteiger partial charge is 0.273 e. The van der Waals surface area contributed by atoms with Gasteiger partial charge < -0.3 is 29.6 Å². The van der Waals surface area contributed by atoms with E-state index in [1.165, 1.54) is 6.33 Å². The summed E-state index contributed by atoms with van der Waals surface area (Å²) < 4.78 is 12.3. The lowest BCUT2D eigenvalue weighted by Crippen LogP contribution is -2.65. The Hall–Kier alpha value is -3.56. The Morgan fingerprint density at radius 2 is 1.94 bits per heavy atom. The van der Waals surface area contributed by atoms with Crippen molar-refractivity contribution >= 4 is 17.7 Å². The van der Waals surface area contributed by atoms with Gasteiger partial charge in [0.25, 0.3) is 11.8 Å². The molecule has 2 aromatic rings. The Morgan fingerprint density at radius 3 is 2.61 bits per heavy atom. The molecule has 194 valence electrons. The van der Waals surface area contributed by atoms with E-state index in [1.807, 2.05) is 6.92 Å². The van der Waals surface area contributed by atoms with E-state index >= 15 is 0 Å². The second-order valence-corrected chi connectivity index (χ2v) is 9.62. The van der Waals surface area contributed by atoms with E-state index in [0.29, 0.717) is 24.5 Å². The Kier molecular flexibility index (Phi) is 7.51. The average molecular weight is 498 g/mol. The van der Waals surface area contributed by atoms with Crippen LogP contribution in [0, 0.1) is 0 Å². The topological polar surface area (TPSA) is 115 Å². The summed E-state index contributed by atoms with van der Waals surface area (Å²) in [4.78, 5) is 46.1. The molecule has 1 saturated carbocycles. The molecule has 1 aliphatic carbocycles. The summed E-state index contributed by atoms with van der Waals surface area (Å²) in [5.74, 6) is 0.245. The monoisotopic (exact) mass is 497 g/mol. The number of nitrogens with zero attached hydrogens (tertiary/aromatic N) is 3. The third-order valence-electron chi connectivity index (χ3n) is 7.13. The molecule has 0 spiro atoms. The number of hydrogen-bond acceptors (Lipinski definition) is 6. The minimum absolute atomic E-state index is 0.0428. The SMILES string of the molecule is CCCN1C(=O)c2c(C(=O)NCc3cc(OC)ccc3OC)ncn2C[C@@]1(C)C(=O)NC1CCCC1. The number of methoxy groups -OCH3 is 2. The number of aromatic nitrogens is 2. The Labute approximate surface area is 211 Å². The third kappa shape index (κ3) is 4.76. The first kappa shape index (κ1) is 25.5. The third-order valence-corrected chi connectivity index (χ3v) is 7.13. The van der Waals surface area contributed by atoms with Gasteiger partial charge in [-0.3, -0.25) is 14.4 Å². The molecule has 1 aromatic carbocycles. The highest BCUT2D eigenvalue weighted by Gasteiger charge is 2.48. The lowest BCUT2D eigenvalue weighted by Gasteiger charge is -2.44. The number of imidazole rings is 1. The zero-order chi connectivity index (χ0) is 25.9. The Bertz CT molecular complexity index is 1140. The number of amides is 3. The zero-order valence-corrected chi connectivity index (χ0v) is 21.4. The molecule has 0 saturated heterocycles. The molecule has 3 amide bonds. The van der Waals surface area contributed by atoms with Gasteiger partial charge >= 0.3 is 0 Å². The van der Waals surface area contributed by atoms with Crippen LogP contribution in [0.5, 0.6) is 11.5 Å². The van der Waals surface area contributed by atoms with Gasteiger partial charge in [0.2, 0.25) is 5.91 Å². The highest BCUT2D eigenvalue weighted by Crippen LogP contribution is 2.30. The molecule has 1 aromatic heterocycles. The summed E-state index contributed by atoms with van der Waals surface area (Å²) in [7, 11) is 3.12. The zero-order valence-electron chi connectivity index (χ0n) is 21.4. The fourth-order valence-corrected chi connectivity index (χ4v) is 5.12. The van der Waals surface area contributed by atoms with Crippen molar-refractivity contribution in [2.24, 2.45) is 0 Å². The number of ether oxygens (including phenoxy) is 2. The molecule has 1 aliphatic heterocycles. The van der Waals surface area contributed by atoms with Gasteiger partial charge in [-0.1, -0.05) is 19.8 Å². The van der Waals surface area contributed by atoms with Crippen molar-refractivity contribution < 1.29 is 23.9 Å². The van der Waals surface area contributed by atoms with Crippen LogP contribution in [-0.2, 0) is 17.9 Å². The minimum Gasteiger partial charge on any atom is -0.497 e. The van der Waals surface area contributed by atoms with Gasteiger partial charge in [-0.05, 0) is 44.4 Å². The fourth-order valence-electron chi connectivity index (χ4n) is 5.12. The molecule has 0 bridgehead atoms. The maximum atomic E-state index is 13.7. The van der Waals surface area contributed by atoms with E-state index in [-0.39, 0.29) is 42.3 Å². The normalized spacial score (nSPS) is 19.7. The van der Waals surface area contributed by atoms with Crippen molar-refractivity contribution in [2.45, 2.75) is 70.6 Å². The largest absolute Gasteiger partial charge is 0.497 e. The van der Waals surface area contributed by atoms with Crippen molar-refractivity contribution in [3.8, 4) is 11.5 Å². The molecular weight excluding hydrogens is 462 g/mol. The van der Waals surface area contributed by atoms with Crippen molar-refractivity contribution in [3.05, 3.63) is 41.5 Å². The second-order valence-electron chi connectivity index (χ2n) is 9.62. The van der Waals surface area contributed by atoms with Crippen LogP contribution in [-0.4, -0.2) is 64.5 Å². The molecular formula is C26H35N5O5. The van der Waals surface area contributed by atoms with E-state index in [0.717, 1.165) is 31.2 Å². The van der Waals surface area contributed by atoms with Crippen LogP contribution in [0.3, 0.4) is 0 Å². The number of carbonyl (C=O) groups is 3. The van der Waals surface area contributed by atoms with Gasteiger partial charge in [-0.2, -0.15) is 0 Å². The lowest BCUT2D eigenvalue weighted by atomic mass is 9.93. The van der Waals surface area contributed by atoms with Crippen LogP contribution in [0.15, 0.2) is 24.5 Å². The maximum absolute atomic E-state index is 13.7. The highest BCUT2D eigenvalue weighted by molar-refractivity contribution is 6.07. The Balaban J connectivity index is 1.56. The van der Waals surface area contributed by atoms with E-state index < -0.39 is 11.4 Å². The molecule has 1 fully saturated rings. The van der Waals surface area contributed by atoms with Crippen LogP contribution < -0.4 is 20.1 Å². The second kappa shape index (κ2) is 10.6. The summed E-state index contributed by atoms with van der Waals surface area (Å²) in [6.07, 6.45) is 6.28. The summed E-state index contributed by atoms with van der Waals surface area (Å²) in [5, 5.41) is 5.99. The first-order valence-corrected chi connectivity index (χ1v) is 12.5. The first-order valence-electron chi connectivity index (χ1n) is 12.5. The number of rotatable bonds is 9. The molecule has 2 aliphatic rings. The molecule has 10 heteroatoms. The van der Waals surface area contributed by atoms with Gasteiger partial charge in [0, 0.05) is 24.7 Å². The van der Waals surface area contributed by atoms with Gasteiger partial charge in [-0.25, -0.2) is 4.98 Å². The number of hydrogen-bond donors (Lipinski definition) is 2. The number of nitrogens with one attached hydrogen (secondary N) is 2. The predicted octanol–water partition coefficient (Wildman–Crippen LogP) is 2.51. The summed E-state index contributed by atoms with van der Waals surface area (Å²) in [6.45, 7) is 4.56. The van der Waals surface area contributed by atoms with Gasteiger partial charge in [0.1, 0.15) is 22.7 Å². The van der Waals surface area contributed by atoms with Crippen LogP contribution in [0.4, 0.5) is 0 Å². The van der Waals surface area contributed by atoms with E-state index in [4.69, 9.17) is 9.47 Å². The van der Waals surface area contributed by atoms with Crippen LogP contribution in [0.2, 0.25) is 0 Å². The maximum Gasteiger partial charge on any atom is 0.273 e. The first-order chi connectivity index (χ1) is 17.3. The quantitative estimate of drug-likeness (QED) is 0.550. The molecule has 0 unspecified atom stereocenters. The molecule has 36 heavy (non-hydrogen) atoms. The molecule has 10 nitrogen and oxygen atoms in total. The van der Waals surface area contributed by atoms with Gasteiger partial charge in [0.05, 0.1) is 27.1 Å². The van der Waals surface area contributed by atoms with Crippen LogP contribution in [0.1, 0.15) is 72.5 Å². The van der Waals surface area contributed by atoms with Crippen molar-refractivity contribution in [1.82, 2.24) is 25.1 Å². The number of benzene rings is 1. The molecule has 1 atom stereocenters. The highest BCUT2D eigenvalue weighted by atomic mass is 16.5. The van der Waals surface area contributed by atoms with Crippen molar-refractivity contribution in [1.29, 1.82) is 0 Å². The standard InChI is InChI=1S/C26H35N5O5/c1-5-12-31-24(33)22-21(23(32)27-14-17-13-19(35-3)10-11-20(17)36-4)28-16-30(22)15-26(31,2)25(34)29-18-8-6-7-9-18/h10-11,13,16,18H,5-9,12,14-15H2,1-4H3,(H,27,32)(H,29,34)/t26-/m0/s1. The number of fused-ring (bicyclic) bond motifs is 1. The average Bonchev–Trinajstić information content (AvgIpc) is 3.54. The van der Waals surface area contributed by atoms with Crippen LogP contribution >= 0.6 is 0 Å². The van der Waals surface area contributed by atoms with Gasteiger partial charge in [0.15, 0.2) is 5.69 Å². The Morgan fingerprint density at radius 1 is 1.19 bits per heavy atom. The molecule has 4 rings (SSSR count). The fraction of sp³-hybridized carbons (Fsp3) is 0.538. The molecule has 2 heterocycles. The minimum atomic E-state index is -1.06. The van der Waals surface area contributed by atoms with E-state index in [2.05, 4.69) is 15.6 Å². The van der Waals surface area contributed by atoms with E-state index in [1.54, 1.807) is 48.8 Å². The van der Waals surface area contributed by atoms with Crippen LogP contribution in [0.25, 0.3) is 0 Å². The summed E-state index contributed by atoms with van der Waals surface area (Å²) in [5.41, 5.74) is -0.0928. The van der Waals surface area contributed by atoms with E-state index in [9.17, 15) is 14.4 Å². The summed E-state index contributed by atoms with van der Waals surface area (Å²) >= 11 is 0. The lowest BCUT2D eigenvalue weighted by molar-refractivity contribution is -0.133. The molecule has 0 radical (unpaired) electrons. The van der Waals surface area contributed by atoms with Gasteiger partial charge in [-0.15, -0.1) is 0 Å². The number of carbonyl (C=O) groups excluding carboxylic acids is 3. The van der Waals surface area contributed by atoms with Crippen molar-refractivity contribution in [3.63, 3.8) is 0 Å². The molecule has 2 N–H and O–H groups in total. The van der Waals surface area contributed by atoms with Crippen molar-refractivity contribution in [2.75, 3.05) is 20.8 Å². The summed E-state index contributed by atoms with van der Waals surface area (Å²) in [6, 6.07) is 5.47.